The molecule has 0 spiro atoms. The van der Waals surface area contributed by atoms with Crippen LogP contribution < -0.4 is 10.1 Å². The number of hydrogen-bond acceptors (Lipinski definition) is 2. The van der Waals surface area contributed by atoms with Gasteiger partial charge in [-0.05, 0) is 18.6 Å². The number of fused-ring (bicyclic) bond motifs is 1. The summed E-state index contributed by atoms with van der Waals surface area (Å²) in [4.78, 5) is 0. The van der Waals surface area contributed by atoms with Crippen molar-refractivity contribution < 1.29 is 9.13 Å². The van der Waals surface area contributed by atoms with Crippen molar-refractivity contribution in [1.29, 1.82) is 0 Å². The van der Waals surface area contributed by atoms with Gasteiger partial charge in [0.15, 0.2) is 11.6 Å². The Morgan fingerprint density at radius 2 is 2.33 bits per heavy atom. The first-order valence-corrected chi connectivity index (χ1v) is 3.92. The molecule has 0 bridgehead atoms. The van der Waals surface area contributed by atoms with Crippen LogP contribution in [0.25, 0.3) is 0 Å². The molecule has 0 saturated carbocycles. The smallest absolute Gasteiger partial charge is 0.170 e. The molecule has 2 rings (SSSR count). The Bertz CT molecular complexity index is 312. The highest BCUT2D eigenvalue weighted by Crippen LogP contribution is 2.30. The Hall–Kier alpha value is -1.25. The van der Waals surface area contributed by atoms with Gasteiger partial charge in [-0.25, -0.2) is 4.39 Å². The Balaban J connectivity index is 2.54. The normalized spacial score (nSPS) is 13.8. The third kappa shape index (κ3) is 0.932. The van der Waals surface area contributed by atoms with Crippen molar-refractivity contribution >= 4 is 5.69 Å². The number of methoxy groups -OCH3 is 1. The molecule has 1 aromatic rings. The summed E-state index contributed by atoms with van der Waals surface area (Å²) >= 11 is 0. The van der Waals surface area contributed by atoms with Crippen molar-refractivity contribution in [3.8, 4) is 5.75 Å². The van der Waals surface area contributed by atoms with Crippen LogP contribution >= 0.6 is 0 Å². The standard InChI is InChI=1S/C9H10FNO/c1-12-8-3-2-7-6(9(8)10)4-5-11-7/h2-3,11H,4-5H2,1H3. The molecule has 0 atom stereocenters. The summed E-state index contributed by atoms with van der Waals surface area (Å²) in [6.07, 6.45) is 0.748. The zero-order chi connectivity index (χ0) is 8.55. The molecule has 0 amide bonds. The van der Waals surface area contributed by atoms with Crippen LogP contribution in [0.3, 0.4) is 0 Å². The van der Waals surface area contributed by atoms with Gasteiger partial charge >= 0.3 is 0 Å². The van der Waals surface area contributed by atoms with Crippen LogP contribution in [0.15, 0.2) is 12.1 Å². The van der Waals surface area contributed by atoms with Gasteiger partial charge < -0.3 is 10.1 Å². The SMILES string of the molecule is COc1ccc2c(c1F)CCN2. The van der Waals surface area contributed by atoms with Crippen LogP contribution in [0.5, 0.6) is 5.75 Å². The van der Waals surface area contributed by atoms with Crippen molar-refractivity contribution in [2.24, 2.45) is 0 Å². The van der Waals surface area contributed by atoms with E-state index in [4.69, 9.17) is 4.74 Å². The van der Waals surface area contributed by atoms with Gasteiger partial charge in [-0.15, -0.1) is 0 Å². The van der Waals surface area contributed by atoms with Gasteiger partial charge in [-0.2, -0.15) is 0 Å². The topological polar surface area (TPSA) is 21.3 Å². The summed E-state index contributed by atoms with van der Waals surface area (Å²) in [5.74, 6) is 0.109. The number of benzene rings is 1. The highest BCUT2D eigenvalue weighted by atomic mass is 19.1. The van der Waals surface area contributed by atoms with Crippen LogP contribution in [-0.4, -0.2) is 13.7 Å². The van der Waals surface area contributed by atoms with Gasteiger partial charge in [0.25, 0.3) is 0 Å². The molecule has 0 radical (unpaired) electrons. The van der Waals surface area contributed by atoms with E-state index in [9.17, 15) is 4.39 Å². The first-order chi connectivity index (χ1) is 5.83. The first-order valence-electron chi connectivity index (χ1n) is 3.92. The Morgan fingerprint density at radius 1 is 1.50 bits per heavy atom. The van der Waals surface area contributed by atoms with Crippen LogP contribution in [0, 0.1) is 5.82 Å². The quantitative estimate of drug-likeness (QED) is 0.688. The third-order valence-corrected chi connectivity index (χ3v) is 2.12. The predicted octanol–water partition coefficient (Wildman–Crippen LogP) is 1.80. The van der Waals surface area contributed by atoms with Gasteiger partial charge in [0, 0.05) is 17.8 Å². The van der Waals surface area contributed by atoms with Gasteiger partial charge in [-0.1, -0.05) is 0 Å². The summed E-state index contributed by atoms with van der Waals surface area (Å²) in [5.41, 5.74) is 1.64. The van der Waals surface area contributed by atoms with Crippen molar-refractivity contribution in [2.45, 2.75) is 6.42 Å². The molecule has 2 nitrogen and oxygen atoms in total. The van der Waals surface area contributed by atoms with Crippen molar-refractivity contribution in [2.75, 3.05) is 19.0 Å². The lowest BCUT2D eigenvalue weighted by Crippen LogP contribution is -1.92. The fourth-order valence-electron chi connectivity index (χ4n) is 1.49. The summed E-state index contributed by atoms with van der Waals surface area (Å²) in [6, 6.07) is 3.50. The molecule has 0 unspecified atom stereocenters. The average molecular weight is 167 g/mol. The molecule has 0 saturated heterocycles. The summed E-state index contributed by atoms with van der Waals surface area (Å²) in [6.45, 7) is 0.819. The number of hydrogen-bond donors (Lipinski definition) is 1. The number of nitrogens with one attached hydrogen (secondary N) is 1. The Kier molecular flexibility index (Phi) is 1.64. The minimum Gasteiger partial charge on any atom is -0.494 e. The fraction of sp³-hybridized carbons (Fsp3) is 0.333. The fourth-order valence-corrected chi connectivity index (χ4v) is 1.49. The lowest BCUT2D eigenvalue weighted by atomic mass is 10.1. The maximum atomic E-state index is 13.4. The molecule has 1 heterocycles. The minimum absolute atomic E-state index is 0.222. The van der Waals surface area contributed by atoms with Crippen LogP contribution in [0.2, 0.25) is 0 Å². The highest BCUT2D eigenvalue weighted by molar-refractivity contribution is 5.58. The Morgan fingerprint density at radius 3 is 3.08 bits per heavy atom. The highest BCUT2D eigenvalue weighted by Gasteiger charge is 2.17. The van der Waals surface area contributed by atoms with Crippen LogP contribution in [0.1, 0.15) is 5.56 Å². The molecule has 1 aromatic carbocycles. The van der Waals surface area contributed by atoms with E-state index in [0.717, 1.165) is 24.2 Å². The van der Waals surface area contributed by atoms with Crippen molar-refractivity contribution in [3.63, 3.8) is 0 Å². The maximum absolute atomic E-state index is 13.4. The number of ether oxygens (including phenoxy) is 1. The van der Waals surface area contributed by atoms with E-state index >= 15 is 0 Å². The molecule has 12 heavy (non-hydrogen) atoms. The first kappa shape index (κ1) is 7.40. The van der Waals surface area contributed by atoms with Gasteiger partial charge in [0.2, 0.25) is 0 Å². The lowest BCUT2D eigenvalue weighted by Gasteiger charge is -2.05. The van der Waals surface area contributed by atoms with Crippen molar-refractivity contribution in [1.82, 2.24) is 0 Å². The second-order valence-electron chi connectivity index (χ2n) is 2.78. The zero-order valence-corrected chi connectivity index (χ0v) is 6.86. The van der Waals surface area contributed by atoms with E-state index in [1.54, 1.807) is 6.07 Å². The molecular formula is C9H10FNO. The molecular weight excluding hydrogens is 157 g/mol. The number of anilines is 1. The molecule has 1 aliphatic rings. The largest absolute Gasteiger partial charge is 0.494 e. The van der Waals surface area contributed by atoms with Crippen LogP contribution in [0.4, 0.5) is 10.1 Å². The molecule has 1 N–H and O–H groups in total. The van der Waals surface area contributed by atoms with Gasteiger partial charge in [0.05, 0.1) is 7.11 Å². The van der Waals surface area contributed by atoms with Crippen LogP contribution in [-0.2, 0) is 6.42 Å². The summed E-state index contributed by atoms with van der Waals surface area (Å²) < 4.78 is 18.3. The monoisotopic (exact) mass is 167 g/mol. The summed E-state index contributed by atoms with van der Waals surface area (Å²) in [5, 5.41) is 3.10. The number of rotatable bonds is 1. The average Bonchev–Trinajstić information content (AvgIpc) is 2.53. The van der Waals surface area contributed by atoms with E-state index in [1.807, 2.05) is 6.07 Å². The van der Waals surface area contributed by atoms with E-state index in [-0.39, 0.29) is 5.82 Å². The zero-order valence-electron chi connectivity index (χ0n) is 6.86. The number of halogens is 1. The van der Waals surface area contributed by atoms with Gasteiger partial charge in [-0.3, -0.25) is 0 Å². The molecule has 0 fully saturated rings. The molecule has 64 valence electrons. The maximum Gasteiger partial charge on any atom is 0.170 e. The molecule has 0 aliphatic carbocycles. The third-order valence-electron chi connectivity index (χ3n) is 2.12. The van der Waals surface area contributed by atoms with E-state index in [0.29, 0.717) is 5.75 Å². The Labute approximate surface area is 70.3 Å². The molecule has 3 heteroatoms. The predicted molar refractivity (Wildman–Crippen MR) is 45.1 cm³/mol. The van der Waals surface area contributed by atoms with Crippen molar-refractivity contribution in [3.05, 3.63) is 23.5 Å². The minimum atomic E-state index is -0.222. The van der Waals surface area contributed by atoms with Gasteiger partial charge in [0.1, 0.15) is 0 Å². The second kappa shape index (κ2) is 2.66. The lowest BCUT2D eigenvalue weighted by molar-refractivity contribution is 0.385. The second-order valence-corrected chi connectivity index (χ2v) is 2.78. The molecule has 0 aromatic heterocycles. The van der Waals surface area contributed by atoms with E-state index < -0.39 is 0 Å². The molecule has 1 aliphatic heterocycles. The van der Waals surface area contributed by atoms with E-state index in [2.05, 4.69) is 5.32 Å². The van der Waals surface area contributed by atoms with E-state index in [1.165, 1.54) is 7.11 Å². The summed E-state index contributed by atoms with van der Waals surface area (Å²) in [7, 11) is 1.48.